The van der Waals surface area contributed by atoms with E-state index < -0.39 is 7.12 Å². The van der Waals surface area contributed by atoms with Gasteiger partial charge >= 0.3 is 7.12 Å². The van der Waals surface area contributed by atoms with Crippen molar-refractivity contribution in [1.82, 2.24) is 9.55 Å². The molecule has 0 aliphatic carbocycles. The molecule has 4 aromatic rings. The Morgan fingerprint density at radius 1 is 1.07 bits per heavy atom. The Labute approximate surface area is 166 Å². The molecular weight excluding hydrogens is 379 g/mol. The molecule has 0 atom stereocenters. The zero-order valence-corrected chi connectivity index (χ0v) is 16.1. The third-order valence-corrected chi connectivity index (χ3v) is 5.83. The van der Waals surface area contributed by atoms with Crippen LogP contribution in [0.1, 0.15) is 5.69 Å². The molecule has 134 valence electrons. The Kier molecular flexibility index (Phi) is 4.97. The molecule has 2 aromatic heterocycles. The average Bonchev–Trinajstić information content (AvgIpc) is 2.93. The maximum atomic E-state index is 9.44. The lowest BCUT2D eigenvalue weighted by Crippen LogP contribution is -2.29. The second-order valence-electron chi connectivity index (χ2n) is 6.17. The van der Waals surface area contributed by atoms with Gasteiger partial charge in [0.1, 0.15) is 0 Å². The van der Waals surface area contributed by atoms with E-state index in [9.17, 15) is 10.0 Å². The summed E-state index contributed by atoms with van der Waals surface area (Å²) in [7, 11) is -1.48. The van der Waals surface area contributed by atoms with E-state index in [2.05, 4.69) is 16.5 Å². The summed E-state index contributed by atoms with van der Waals surface area (Å²) in [5.74, 6) is 0. The van der Waals surface area contributed by atoms with Crippen LogP contribution in [0.2, 0.25) is 5.02 Å². The van der Waals surface area contributed by atoms with Crippen LogP contribution < -0.4 is 5.46 Å². The molecule has 0 fully saturated rings. The van der Waals surface area contributed by atoms with Gasteiger partial charge in [0.05, 0.1) is 17.4 Å². The molecule has 0 bridgehead atoms. The van der Waals surface area contributed by atoms with Crippen LogP contribution in [0.25, 0.3) is 16.6 Å². The number of nitrogens with zero attached hydrogens (tertiary/aromatic N) is 2. The van der Waals surface area contributed by atoms with Crippen LogP contribution in [0, 0.1) is 6.92 Å². The van der Waals surface area contributed by atoms with Gasteiger partial charge in [0.25, 0.3) is 0 Å². The van der Waals surface area contributed by atoms with Gasteiger partial charge < -0.3 is 14.6 Å². The van der Waals surface area contributed by atoms with E-state index in [1.807, 2.05) is 48.7 Å². The lowest BCUT2D eigenvalue weighted by atomic mass is 9.80. The first kappa shape index (κ1) is 18.1. The van der Waals surface area contributed by atoms with E-state index in [0.717, 1.165) is 32.1 Å². The van der Waals surface area contributed by atoms with Gasteiger partial charge in [0.15, 0.2) is 0 Å². The molecule has 0 saturated heterocycles. The predicted molar refractivity (Wildman–Crippen MR) is 111 cm³/mol. The van der Waals surface area contributed by atoms with Crippen molar-refractivity contribution in [1.29, 1.82) is 0 Å². The van der Waals surface area contributed by atoms with Gasteiger partial charge in [-0.1, -0.05) is 41.6 Å². The number of hydrogen-bond acceptors (Lipinski definition) is 4. The molecule has 2 N–H and O–H groups in total. The number of hydrogen-bond donors (Lipinski definition) is 2. The monoisotopic (exact) mass is 394 g/mol. The van der Waals surface area contributed by atoms with Crippen LogP contribution in [0.15, 0.2) is 76.8 Å². The minimum absolute atomic E-state index is 0.469. The van der Waals surface area contributed by atoms with Crippen molar-refractivity contribution in [3.63, 3.8) is 0 Å². The molecule has 4 nitrogen and oxygen atoms in total. The molecule has 0 aliphatic heterocycles. The van der Waals surface area contributed by atoms with Gasteiger partial charge in [-0.15, -0.1) is 0 Å². The highest BCUT2D eigenvalue weighted by molar-refractivity contribution is 7.99. The van der Waals surface area contributed by atoms with Gasteiger partial charge in [0.2, 0.25) is 0 Å². The standard InChI is InChI=1S/C20H16BClN2O2S/c1-13-20(27-17-6-2-4-14(10-17)21(25)26)18-8-7-15(22)11-19(18)24(13)16-5-3-9-23-12-16/h2-12,25-26H,1H3. The summed E-state index contributed by atoms with van der Waals surface area (Å²) < 4.78 is 2.14. The van der Waals surface area contributed by atoms with E-state index in [1.54, 1.807) is 30.1 Å². The summed E-state index contributed by atoms with van der Waals surface area (Å²) in [6.07, 6.45) is 3.57. The van der Waals surface area contributed by atoms with Gasteiger partial charge in [-0.2, -0.15) is 0 Å². The highest BCUT2D eigenvalue weighted by atomic mass is 35.5. The number of benzene rings is 2. The Balaban J connectivity index is 1.89. The molecule has 0 unspecified atom stereocenters. The molecule has 7 heteroatoms. The number of aromatic nitrogens is 2. The van der Waals surface area contributed by atoms with Crippen molar-refractivity contribution in [2.24, 2.45) is 0 Å². The topological polar surface area (TPSA) is 58.3 Å². The molecule has 0 spiro atoms. The largest absolute Gasteiger partial charge is 0.488 e. The van der Waals surface area contributed by atoms with E-state index in [-0.39, 0.29) is 0 Å². The molecule has 0 radical (unpaired) electrons. The molecule has 2 heterocycles. The van der Waals surface area contributed by atoms with Crippen LogP contribution in [-0.4, -0.2) is 26.7 Å². The number of fused-ring (bicyclic) bond motifs is 1. The van der Waals surface area contributed by atoms with Gasteiger partial charge in [0, 0.05) is 32.1 Å². The number of rotatable bonds is 4. The van der Waals surface area contributed by atoms with Gasteiger partial charge in [-0.05, 0) is 48.8 Å². The summed E-state index contributed by atoms with van der Waals surface area (Å²) in [5, 5.41) is 20.6. The first-order chi connectivity index (χ1) is 13.0. The van der Waals surface area contributed by atoms with Crippen molar-refractivity contribution >= 4 is 46.8 Å². The Bertz CT molecular complexity index is 1120. The highest BCUT2D eigenvalue weighted by Gasteiger charge is 2.18. The van der Waals surface area contributed by atoms with Crippen LogP contribution in [0.3, 0.4) is 0 Å². The summed E-state index contributed by atoms with van der Waals surface area (Å²) in [4.78, 5) is 6.27. The van der Waals surface area contributed by atoms with E-state index in [1.165, 1.54) is 0 Å². The van der Waals surface area contributed by atoms with Crippen LogP contribution >= 0.6 is 23.4 Å². The van der Waals surface area contributed by atoms with Gasteiger partial charge in [-0.3, -0.25) is 4.98 Å². The molecule has 4 rings (SSSR count). The first-order valence-electron chi connectivity index (χ1n) is 8.39. The van der Waals surface area contributed by atoms with Gasteiger partial charge in [-0.25, -0.2) is 0 Å². The molecule has 0 amide bonds. The number of halogens is 1. The Morgan fingerprint density at radius 3 is 2.67 bits per heavy atom. The molecule has 27 heavy (non-hydrogen) atoms. The summed E-state index contributed by atoms with van der Waals surface area (Å²) >= 11 is 7.85. The van der Waals surface area contributed by atoms with Crippen molar-refractivity contribution in [2.75, 3.05) is 0 Å². The molecule has 0 aliphatic rings. The smallest absolute Gasteiger partial charge is 0.423 e. The fraction of sp³-hybridized carbons (Fsp3) is 0.0500. The third kappa shape index (κ3) is 3.49. The summed E-state index contributed by atoms with van der Waals surface area (Å²) in [6.45, 7) is 2.06. The second-order valence-corrected chi connectivity index (χ2v) is 7.69. The third-order valence-electron chi connectivity index (χ3n) is 4.39. The summed E-state index contributed by atoms with van der Waals surface area (Å²) in [6, 6.07) is 17.0. The second kappa shape index (κ2) is 7.41. The molecule has 0 saturated carbocycles. The minimum Gasteiger partial charge on any atom is -0.423 e. The van der Waals surface area contributed by atoms with Crippen molar-refractivity contribution in [3.8, 4) is 5.69 Å². The maximum Gasteiger partial charge on any atom is 0.488 e. The number of pyridine rings is 1. The SMILES string of the molecule is Cc1c(Sc2cccc(B(O)O)c2)c2ccc(Cl)cc2n1-c1cccnc1. The average molecular weight is 395 g/mol. The van der Waals surface area contributed by atoms with Crippen molar-refractivity contribution in [3.05, 3.63) is 77.7 Å². The minimum atomic E-state index is -1.48. The lowest BCUT2D eigenvalue weighted by Gasteiger charge is -2.08. The predicted octanol–water partition coefficient (Wildman–Crippen LogP) is 3.82. The van der Waals surface area contributed by atoms with Crippen LogP contribution in [-0.2, 0) is 0 Å². The zero-order valence-electron chi connectivity index (χ0n) is 14.5. The Hall–Kier alpha value is -2.25. The zero-order chi connectivity index (χ0) is 19.0. The van der Waals surface area contributed by atoms with E-state index in [4.69, 9.17) is 11.6 Å². The van der Waals surface area contributed by atoms with Crippen molar-refractivity contribution in [2.45, 2.75) is 16.7 Å². The van der Waals surface area contributed by atoms with Crippen LogP contribution in [0.5, 0.6) is 0 Å². The van der Waals surface area contributed by atoms with Crippen LogP contribution in [0.4, 0.5) is 0 Å². The fourth-order valence-corrected chi connectivity index (χ4v) is 4.43. The molecule has 2 aromatic carbocycles. The summed E-state index contributed by atoms with van der Waals surface area (Å²) in [5.41, 5.74) is 3.51. The normalized spacial score (nSPS) is 11.1. The highest BCUT2D eigenvalue weighted by Crippen LogP contribution is 2.40. The van der Waals surface area contributed by atoms with Crippen molar-refractivity contribution < 1.29 is 10.0 Å². The van der Waals surface area contributed by atoms with E-state index >= 15 is 0 Å². The Morgan fingerprint density at radius 2 is 1.93 bits per heavy atom. The van der Waals surface area contributed by atoms with E-state index in [0.29, 0.717) is 10.5 Å². The quantitative estimate of drug-likeness (QED) is 0.517. The molecular formula is C20H16BClN2O2S. The first-order valence-corrected chi connectivity index (χ1v) is 9.59. The lowest BCUT2D eigenvalue weighted by molar-refractivity contribution is 0.425. The maximum absolute atomic E-state index is 9.44. The fourth-order valence-electron chi connectivity index (χ4n) is 3.16.